The van der Waals surface area contributed by atoms with Crippen LogP contribution in [0.15, 0.2) is 12.2 Å². The summed E-state index contributed by atoms with van der Waals surface area (Å²) in [5.41, 5.74) is -2.68. The van der Waals surface area contributed by atoms with Gasteiger partial charge in [-0.25, -0.2) is 4.79 Å². The van der Waals surface area contributed by atoms with Gasteiger partial charge in [0, 0.05) is 23.4 Å². The topological polar surface area (TPSA) is 86.7 Å². The van der Waals surface area contributed by atoms with Crippen LogP contribution < -0.4 is 5.11 Å². The minimum Gasteiger partial charge on any atom is -0.550 e. The van der Waals surface area contributed by atoms with Crippen LogP contribution in [0.25, 0.3) is 0 Å². The van der Waals surface area contributed by atoms with Crippen LogP contribution in [0.1, 0.15) is 45.4 Å². The number of carboxylic acid groups (broad SMARTS) is 1. The number of ether oxygens (including phenoxy) is 1. The van der Waals surface area contributed by atoms with Gasteiger partial charge >= 0.3 is 5.97 Å². The van der Waals surface area contributed by atoms with Gasteiger partial charge in [0.05, 0.1) is 5.60 Å². The predicted octanol–water partition coefficient (Wildman–Crippen LogP) is 0.309. The van der Waals surface area contributed by atoms with Crippen molar-refractivity contribution in [2.24, 2.45) is 11.3 Å². The molecular formula is C15H19O5-. The Morgan fingerprint density at radius 3 is 2.50 bits per heavy atom. The molecule has 0 aromatic rings. The molecule has 0 aliphatic heterocycles. The first-order valence-electron chi connectivity index (χ1n) is 7.00. The van der Waals surface area contributed by atoms with Gasteiger partial charge in [0.1, 0.15) is 5.60 Å². The van der Waals surface area contributed by atoms with Crippen LogP contribution in [0.2, 0.25) is 0 Å². The first-order chi connectivity index (χ1) is 9.18. The van der Waals surface area contributed by atoms with Crippen molar-refractivity contribution in [2.75, 3.05) is 0 Å². The molecule has 4 rings (SSSR count). The molecule has 4 atom stereocenters. The number of rotatable bonds is 3. The lowest BCUT2D eigenvalue weighted by molar-refractivity contribution is -0.338. The Bertz CT molecular complexity index is 512. The first kappa shape index (κ1) is 13.6. The Hall–Kier alpha value is -1.36. The minimum atomic E-state index is -1.13. The molecule has 0 aromatic heterocycles. The number of esters is 1. The van der Waals surface area contributed by atoms with Gasteiger partial charge in [-0.15, -0.1) is 0 Å². The SMILES string of the molecule is C=C(C)C(=O)OC12CC3CC(O)(C1)CC(C(=O)[O-])(C3)C2. The summed E-state index contributed by atoms with van der Waals surface area (Å²) in [7, 11) is 0. The third kappa shape index (κ3) is 1.87. The largest absolute Gasteiger partial charge is 0.550 e. The fourth-order valence-electron chi connectivity index (χ4n) is 4.92. The third-order valence-corrected chi connectivity index (χ3v) is 5.08. The molecule has 0 spiro atoms. The second-order valence-corrected chi connectivity index (χ2v) is 7.15. The molecule has 0 amide bonds. The van der Waals surface area contributed by atoms with Crippen LogP contribution in [0.4, 0.5) is 0 Å². The molecule has 0 radical (unpaired) electrons. The maximum absolute atomic E-state index is 11.8. The van der Waals surface area contributed by atoms with Crippen molar-refractivity contribution < 1.29 is 24.5 Å². The van der Waals surface area contributed by atoms with Crippen molar-refractivity contribution in [3.05, 3.63) is 12.2 Å². The number of carbonyl (C=O) groups is 2. The summed E-state index contributed by atoms with van der Waals surface area (Å²) in [6.07, 6.45) is 2.53. The van der Waals surface area contributed by atoms with Gasteiger partial charge in [0.25, 0.3) is 0 Å². The quantitative estimate of drug-likeness (QED) is 0.593. The zero-order valence-corrected chi connectivity index (χ0v) is 11.6. The van der Waals surface area contributed by atoms with Crippen LogP contribution in [-0.4, -0.2) is 28.2 Å². The molecule has 4 saturated carbocycles. The second kappa shape index (κ2) is 3.85. The third-order valence-electron chi connectivity index (χ3n) is 5.08. The van der Waals surface area contributed by atoms with Gasteiger partial charge in [-0.05, 0) is 44.9 Å². The van der Waals surface area contributed by atoms with E-state index in [1.165, 1.54) is 0 Å². The van der Waals surface area contributed by atoms with Crippen LogP contribution in [0.3, 0.4) is 0 Å². The zero-order valence-electron chi connectivity index (χ0n) is 11.6. The van der Waals surface area contributed by atoms with E-state index >= 15 is 0 Å². The molecule has 4 unspecified atom stereocenters. The summed E-state index contributed by atoms with van der Waals surface area (Å²) in [6.45, 7) is 5.12. The Labute approximate surface area is 117 Å². The van der Waals surface area contributed by atoms with E-state index in [0.29, 0.717) is 25.7 Å². The van der Waals surface area contributed by atoms with Crippen molar-refractivity contribution >= 4 is 11.9 Å². The fraction of sp³-hybridized carbons (Fsp3) is 0.733. The van der Waals surface area contributed by atoms with E-state index in [-0.39, 0.29) is 24.3 Å². The summed E-state index contributed by atoms with van der Waals surface area (Å²) in [5, 5.41) is 22.2. The van der Waals surface area contributed by atoms with Crippen LogP contribution >= 0.6 is 0 Å². The van der Waals surface area contributed by atoms with Crippen molar-refractivity contribution in [2.45, 2.75) is 56.7 Å². The van der Waals surface area contributed by atoms with E-state index in [1.807, 2.05) is 0 Å². The van der Waals surface area contributed by atoms with Gasteiger partial charge < -0.3 is 19.7 Å². The van der Waals surface area contributed by atoms with Crippen molar-refractivity contribution in [1.82, 2.24) is 0 Å². The fourth-order valence-corrected chi connectivity index (χ4v) is 4.92. The maximum atomic E-state index is 11.8. The summed E-state index contributed by atoms with van der Waals surface area (Å²) in [6, 6.07) is 0. The van der Waals surface area contributed by atoms with Gasteiger partial charge in [-0.2, -0.15) is 0 Å². The van der Waals surface area contributed by atoms with Gasteiger partial charge in [-0.3, -0.25) is 0 Å². The number of hydrogen-bond acceptors (Lipinski definition) is 5. The molecule has 110 valence electrons. The first-order valence-corrected chi connectivity index (χ1v) is 7.00. The molecule has 5 heteroatoms. The average molecular weight is 279 g/mol. The molecule has 0 saturated heterocycles. The molecule has 20 heavy (non-hydrogen) atoms. The van der Waals surface area contributed by atoms with Crippen LogP contribution in [0.5, 0.6) is 0 Å². The summed E-state index contributed by atoms with van der Waals surface area (Å²) >= 11 is 0. The Morgan fingerprint density at radius 1 is 1.25 bits per heavy atom. The highest BCUT2D eigenvalue weighted by Gasteiger charge is 2.65. The molecular weight excluding hydrogens is 260 g/mol. The summed E-state index contributed by atoms with van der Waals surface area (Å²) in [4.78, 5) is 23.4. The summed E-state index contributed by atoms with van der Waals surface area (Å²) in [5.74, 6) is -1.56. The van der Waals surface area contributed by atoms with Crippen molar-refractivity contribution in [3.63, 3.8) is 0 Å². The zero-order chi connectivity index (χ0) is 14.8. The molecule has 4 aliphatic carbocycles. The van der Waals surface area contributed by atoms with E-state index in [0.717, 1.165) is 0 Å². The average Bonchev–Trinajstić information content (AvgIpc) is 2.24. The molecule has 4 aliphatic rings. The highest BCUT2D eigenvalue weighted by atomic mass is 16.6. The van der Waals surface area contributed by atoms with Crippen LogP contribution in [0, 0.1) is 11.3 Å². The molecule has 4 fully saturated rings. The van der Waals surface area contributed by atoms with Gasteiger partial charge in [0.2, 0.25) is 0 Å². The lowest BCUT2D eigenvalue weighted by Gasteiger charge is -2.64. The highest BCUT2D eigenvalue weighted by molar-refractivity contribution is 5.87. The van der Waals surface area contributed by atoms with Gasteiger partial charge in [-0.1, -0.05) is 6.58 Å². The second-order valence-electron chi connectivity index (χ2n) is 7.15. The number of hydrogen-bond donors (Lipinski definition) is 1. The summed E-state index contributed by atoms with van der Waals surface area (Å²) < 4.78 is 5.56. The molecule has 1 N–H and O–H groups in total. The maximum Gasteiger partial charge on any atom is 0.333 e. The molecule has 4 bridgehead atoms. The number of carboxylic acids is 1. The van der Waals surface area contributed by atoms with E-state index in [4.69, 9.17) is 4.74 Å². The monoisotopic (exact) mass is 279 g/mol. The predicted molar refractivity (Wildman–Crippen MR) is 67.2 cm³/mol. The highest BCUT2D eigenvalue weighted by Crippen LogP contribution is 2.64. The number of aliphatic carboxylic acids is 1. The lowest BCUT2D eigenvalue weighted by Crippen LogP contribution is -2.67. The van der Waals surface area contributed by atoms with E-state index in [9.17, 15) is 19.8 Å². The molecule has 5 nitrogen and oxygen atoms in total. The van der Waals surface area contributed by atoms with Crippen molar-refractivity contribution in [3.8, 4) is 0 Å². The molecule has 0 heterocycles. The number of carbonyl (C=O) groups excluding carboxylic acids is 2. The molecule has 0 aromatic carbocycles. The van der Waals surface area contributed by atoms with E-state index in [1.54, 1.807) is 6.92 Å². The Balaban J connectivity index is 1.95. The standard InChI is InChI=1S/C15H20O5/c1-9(2)11(16)20-15-5-10-3-13(7-15,12(17)18)6-14(19,4-10)8-15/h10,19H,1,3-8H2,2H3,(H,17,18)/p-1. The van der Waals surface area contributed by atoms with Crippen molar-refractivity contribution in [1.29, 1.82) is 0 Å². The smallest absolute Gasteiger partial charge is 0.333 e. The normalized spacial score (nSPS) is 45.2. The Kier molecular flexibility index (Phi) is 2.62. The number of aliphatic hydroxyl groups is 1. The lowest BCUT2D eigenvalue weighted by atomic mass is 9.46. The minimum absolute atomic E-state index is 0.0760. The van der Waals surface area contributed by atoms with E-state index in [2.05, 4.69) is 6.58 Å². The van der Waals surface area contributed by atoms with Crippen LogP contribution in [-0.2, 0) is 14.3 Å². The van der Waals surface area contributed by atoms with Gasteiger partial charge in [0.15, 0.2) is 0 Å². The van der Waals surface area contributed by atoms with E-state index < -0.39 is 28.6 Å². The Morgan fingerprint density at radius 2 is 1.95 bits per heavy atom.